The number of nitrogens with two attached hydrogens (primary N) is 1. The van der Waals surface area contributed by atoms with Crippen LogP contribution in [0.5, 0.6) is 0 Å². The van der Waals surface area contributed by atoms with Gasteiger partial charge in [0.25, 0.3) is 5.91 Å². The minimum atomic E-state index is -0.286. The van der Waals surface area contributed by atoms with Crippen LogP contribution in [0.2, 0.25) is 0 Å². The van der Waals surface area contributed by atoms with Crippen molar-refractivity contribution >= 4 is 29.2 Å². The Hall–Kier alpha value is -3.40. The van der Waals surface area contributed by atoms with E-state index in [0.29, 0.717) is 12.1 Å². The van der Waals surface area contributed by atoms with Gasteiger partial charge < -0.3 is 20.0 Å². The lowest BCUT2D eigenvalue weighted by Gasteiger charge is -2.34. The van der Waals surface area contributed by atoms with E-state index in [1.165, 1.54) is 13.2 Å². The highest BCUT2D eigenvalue weighted by atomic mass is 16.3. The number of hydrogen-bond donors (Lipinski definition) is 2. The fourth-order valence-corrected chi connectivity index (χ4v) is 4.85. The van der Waals surface area contributed by atoms with Gasteiger partial charge in [-0.15, -0.1) is 0 Å². The number of fused-ring (bicyclic) bond motifs is 1. The van der Waals surface area contributed by atoms with Gasteiger partial charge in [0.05, 0.1) is 18.0 Å². The topological polar surface area (TPSA) is 122 Å². The third-order valence-electron chi connectivity index (χ3n) is 6.44. The zero-order chi connectivity index (χ0) is 23.1. The smallest absolute Gasteiger partial charge is 0.259 e. The second kappa shape index (κ2) is 8.51. The second-order valence-electron chi connectivity index (χ2n) is 8.97. The molecular formula is C23H29N7O3. The number of amides is 2. The van der Waals surface area contributed by atoms with Crippen molar-refractivity contribution in [3.8, 4) is 0 Å². The largest absolute Gasteiger partial charge is 0.448 e. The molecule has 2 fully saturated rings. The number of aromatic nitrogens is 3. The number of furan rings is 1. The Morgan fingerprint density at radius 2 is 2.09 bits per heavy atom. The molecule has 0 aromatic carbocycles. The lowest BCUT2D eigenvalue weighted by atomic mass is 9.98. The highest BCUT2D eigenvalue weighted by molar-refractivity contribution is 6.02. The molecule has 10 heteroatoms. The van der Waals surface area contributed by atoms with Crippen molar-refractivity contribution in [2.45, 2.75) is 51.6 Å². The number of carbonyl (C=O) groups excluding carboxylic acids is 2. The van der Waals surface area contributed by atoms with Crippen LogP contribution < -0.4 is 16.0 Å². The van der Waals surface area contributed by atoms with Gasteiger partial charge in [-0.1, -0.05) is 0 Å². The van der Waals surface area contributed by atoms with Crippen LogP contribution in [0.25, 0.3) is 5.65 Å². The molecule has 5 rings (SSSR count). The van der Waals surface area contributed by atoms with Crippen LogP contribution in [0.15, 0.2) is 29.0 Å². The Labute approximate surface area is 191 Å². The summed E-state index contributed by atoms with van der Waals surface area (Å²) in [5.74, 6) is 0.658. The molecule has 2 amide bonds. The van der Waals surface area contributed by atoms with Crippen LogP contribution in [0.1, 0.15) is 60.3 Å². The molecule has 2 aliphatic heterocycles. The SMILES string of the molecule is CC(=O)Nc1occc1C(=O)N1CCCC[C@H]1c1cc2nc(N3CC[C@H](N)C3)c(C)cn2n1. The molecule has 33 heavy (non-hydrogen) atoms. The fourth-order valence-electron chi connectivity index (χ4n) is 4.85. The Morgan fingerprint density at radius 3 is 2.85 bits per heavy atom. The first kappa shape index (κ1) is 21.4. The fraction of sp³-hybridized carbons (Fsp3) is 0.478. The summed E-state index contributed by atoms with van der Waals surface area (Å²) < 4.78 is 7.13. The second-order valence-corrected chi connectivity index (χ2v) is 8.97. The Bertz CT molecular complexity index is 1200. The minimum Gasteiger partial charge on any atom is -0.448 e. The molecule has 0 bridgehead atoms. The van der Waals surface area contributed by atoms with E-state index in [9.17, 15) is 9.59 Å². The summed E-state index contributed by atoms with van der Waals surface area (Å²) in [6.45, 7) is 5.74. The van der Waals surface area contributed by atoms with Crippen molar-refractivity contribution in [2.75, 3.05) is 29.9 Å². The number of anilines is 2. The van der Waals surface area contributed by atoms with Gasteiger partial charge in [-0.25, -0.2) is 9.50 Å². The third kappa shape index (κ3) is 4.06. The monoisotopic (exact) mass is 451 g/mol. The molecule has 0 aliphatic carbocycles. The standard InChI is InChI=1S/C23H29N7O3/c1-14-12-30-20(26-21(14)28-9-6-16(24)13-28)11-18(27-30)19-5-3-4-8-29(19)23(32)17-7-10-33-22(17)25-15(2)31/h7,10-12,16,19H,3-6,8-9,13,24H2,1-2H3,(H,25,31)/t16-,19-/m0/s1. The first-order valence-electron chi connectivity index (χ1n) is 11.4. The lowest BCUT2D eigenvalue weighted by molar-refractivity contribution is -0.114. The summed E-state index contributed by atoms with van der Waals surface area (Å²) >= 11 is 0. The maximum atomic E-state index is 13.4. The number of rotatable bonds is 4. The van der Waals surface area contributed by atoms with Gasteiger partial charge in [-0.2, -0.15) is 5.10 Å². The van der Waals surface area contributed by atoms with Gasteiger partial charge >= 0.3 is 0 Å². The summed E-state index contributed by atoms with van der Waals surface area (Å²) in [7, 11) is 0. The van der Waals surface area contributed by atoms with Crippen LogP contribution in [-0.2, 0) is 4.79 Å². The van der Waals surface area contributed by atoms with Gasteiger partial charge in [-0.05, 0) is 38.7 Å². The van der Waals surface area contributed by atoms with Crippen LogP contribution in [0.3, 0.4) is 0 Å². The number of nitrogens with zero attached hydrogens (tertiary/aromatic N) is 5. The molecule has 3 aromatic rings. The predicted molar refractivity (Wildman–Crippen MR) is 123 cm³/mol. The normalized spacial score (nSPS) is 21.1. The maximum absolute atomic E-state index is 13.4. The van der Waals surface area contributed by atoms with Crippen LogP contribution in [0, 0.1) is 6.92 Å². The summed E-state index contributed by atoms with van der Waals surface area (Å²) in [5, 5.41) is 7.38. The van der Waals surface area contributed by atoms with Crippen molar-refractivity contribution < 1.29 is 14.0 Å². The van der Waals surface area contributed by atoms with Crippen LogP contribution in [-0.4, -0.2) is 57.0 Å². The third-order valence-corrected chi connectivity index (χ3v) is 6.44. The van der Waals surface area contributed by atoms with Gasteiger partial charge in [0, 0.05) is 50.4 Å². The van der Waals surface area contributed by atoms with Crippen molar-refractivity contribution in [2.24, 2.45) is 5.73 Å². The highest BCUT2D eigenvalue weighted by Gasteiger charge is 2.33. The molecule has 2 saturated heterocycles. The number of likely N-dealkylation sites (tertiary alicyclic amines) is 1. The number of aryl methyl sites for hydroxylation is 1. The maximum Gasteiger partial charge on any atom is 0.259 e. The number of carbonyl (C=O) groups is 2. The van der Waals surface area contributed by atoms with Crippen LogP contribution in [0.4, 0.5) is 11.7 Å². The highest BCUT2D eigenvalue weighted by Crippen LogP contribution is 2.34. The average Bonchev–Trinajstić information content (AvgIpc) is 3.52. The summed E-state index contributed by atoms with van der Waals surface area (Å²) in [6, 6.07) is 3.58. The molecule has 0 spiro atoms. The van der Waals surface area contributed by atoms with E-state index in [0.717, 1.165) is 61.5 Å². The molecule has 3 aromatic heterocycles. The summed E-state index contributed by atoms with van der Waals surface area (Å²) in [5.41, 5.74) is 9.06. The minimum absolute atomic E-state index is 0.169. The Balaban J connectivity index is 1.45. The first-order valence-corrected chi connectivity index (χ1v) is 11.4. The Morgan fingerprint density at radius 1 is 1.24 bits per heavy atom. The van der Waals surface area contributed by atoms with Gasteiger partial charge in [0.15, 0.2) is 5.65 Å². The van der Waals surface area contributed by atoms with E-state index in [1.54, 1.807) is 10.6 Å². The molecule has 2 aliphatic rings. The van der Waals surface area contributed by atoms with Crippen molar-refractivity contribution in [1.82, 2.24) is 19.5 Å². The molecule has 3 N–H and O–H groups in total. The average molecular weight is 452 g/mol. The van der Waals surface area contributed by atoms with Gasteiger partial charge in [-0.3, -0.25) is 14.9 Å². The van der Waals surface area contributed by atoms with Crippen molar-refractivity contribution in [1.29, 1.82) is 0 Å². The van der Waals surface area contributed by atoms with E-state index in [4.69, 9.17) is 20.2 Å². The molecule has 174 valence electrons. The number of hydrogen-bond acceptors (Lipinski definition) is 7. The first-order chi connectivity index (χ1) is 15.9. The quantitative estimate of drug-likeness (QED) is 0.625. The molecule has 0 saturated carbocycles. The van der Waals surface area contributed by atoms with E-state index in [1.807, 2.05) is 24.1 Å². The van der Waals surface area contributed by atoms with E-state index < -0.39 is 0 Å². The molecular weight excluding hydrogens is 422 g/mol. The predicted octanol–water partition coefficient (Wildman–Crippen LogP) is 2.49. The zero-order valence-electron chi connectivity index (χ0n) is 19.0. The van der Waals surface area contributed by atoms with Crippen molar-refractivity contribution in [3.63, 3.8) is 0 Å². The van der Waals surface area contributed by atoms with E-state index >= 15 is 0 Å². The zero-order valence-corrected chi connectivity index (χ0v) is 19.0. The number of piperidine rings is 1. The van der Waals surface area contributed by atoms with Gasteiger partial charge in [0.1, 0.15) is 11.4 Å². The molecule has 0 unspecified atom stereocenters. The van der Waals surface area contributed by atoms with E-state index in [-0.39, 0.29) is 29.8 Å². The van der Waals surface area contributed by atoms with Crippen LogP contribution >= 0.6 is 0 Å². The molecule has 2 atom stereocenters. The molecule has 0 radical (unpaired) electrons. The van der Waals surface area contributed by atoms with E-state index in [2.05, 4.69) is 10.2 Å². The van der Waals surface area contributed by atoms with Crippen molar-refractivity contribution in [3.05, 3.63) is 41.4 Å². The van der Waals surface area contributed by atoms with Gasteiger partial charge in [0.2, 0.25) is 11.8 Å². The lowest BCUT2D eigenvalue weighted by Crippen LogP contribution is -2.38. The number of nitrogens with one attached hydrogen (secondary N) is 1. The Kier molecular flexibility index (Phi) is 5.53. The molecule has 10 nitrogen and oxygen atoms in total. The molecule has 5 heterocycles. The summed E-state index contributed by atoms with van der Waals surface area (Å²) in [6.07, 6.45) is 7.11. The summed E-state index contributed by atoms with van der Waals surface area (Å²) in [4.78, 5) is 33.8.